The fraction of sp³-hybridized carbons (Fsp3) is 0.400. The predicted octanol–water partition coefficient (Wildman–Crippen LogP) is 4.75. The number of piperazine rings is 1. The topological polar surface area (TPSA) is 33.5 Å². The molecular formula is C25H28F2N4O. The van der Waals surface area contributed by atoms with Crippen LogP contribution in [0.25, 0.3) is 11.3 Å². The van der Waals surface area contributed by atoms with Crippen LogP contribution >= 0.6 is 0 Å². The fourth-order valence-electron chi connectivity index (χ4n) is 5.04. The molecule has 0 N–H and O–H groups in total. The Hall–Kier alpha value is -2.93. The van der Waals surface area contributed by atoms with E-state index in [2.05, 4.69) is 27.0 Å². The third-order valence-corrected chi connectivity index (χ3v) is 6.79. The SMILES string of the molecule is COc1ccc(N2CCN(C3CCC(n4ccc(-c5cc(F)cc(F)c5)n4)C3)CC2)cc1. The normalized spacial score (nSPS) is 21.8. The summed E-state index contributed by atoms with van der Waals surface area (Å²) in [6.45, 7) is 4.14. The first kappa shape index (κ1) is 20.9. The van der Waals surface area contributed by atoms with Crippen LogP contribution in [-0.4, -0.2) is 54.0 Å². The number of anilines is 1. The van der Waals surface area contributed by atoms with Crippen molar-refractivity contribution in [1.82, 2.24) is 14.7 Å². The van der Waals surface area contributed by atoms with Crippen molar-refractivity contribution in [2.24, 2.45) is 0 Å². The zero-order chi connectivity index (χ0) is 22.1. The molecule has 2 heterocycles. The van der Waals surface area contributed by atoms with Gasteiger partial charge in [0, 0.05) is 55.7 Å². The van der Waals surface area contributed by atoms with Crippen LogP contribution in [0.1, 0.15) is 25.3 Å². The van der Waals surface area contributed by atoms with E-state index < -0.39 is 11.6 Å². The van der Waals surface area contributed by atoms with Gasteiger partial charge in [0.2, 0.25) is 0 Å². The van der Waals surface area contributed by atoms with Gasteiger partial charge in [-0.05, 0) is 61.7 Å². The number of hydrogen-bond acceptors (Lipinski definition) is 4. The summed E-state index contributed by atoms with van der Waals surface area (Å²) < 4.78 is 34.4. The second kappa shape index (κ2) is 8.90. The molecule has 7 heteroatoms. The molecule has 2 unspecified atom stereocenters. The summed E-state index contributed by atoms with van der Waals surface area (Å²) in [4.78, 5) is 5.03. The molecule has 1 aromatic heterocycles. The average Bonchev–Trinajstić information content (AvgIpc) is 3.49. The van der Waals surface area contributed by atoms with Crippen LogP contribution in [0.3, 0.4) is 0 Å². The molecule has 2 fully saturated rings. The number of rotatable bonds is 5. The average molecular weight is 439 g/mol. The number of benzene rings is 2. The minimum Gasteiger partial charge on any atom is -0.497 e. The Kier molecular flexibility index (Phi) is 5.83. The first-order valence-corrected chi connectivity index (χ1v) is 11.2. The van der Waals surface area contributed by atoms with Crippen LogP contribution in [0.2, 0.25) is 0 Å². The number of nitrogens with zero attached hydrogens (tertiary/aromatic N) is 4. The lowest BCUT2D eigenvalue weighted by Crippen LogP contribution is -2.49. The van der Waals surface area contributed by atoms with Crippen molar-refractivity contribution in [3.8, 4) is 17.0 Å². The lowest BCUT2D eigenvalue weighted by molar-refractivity contribution is 0.183. The van der Waals surface area contributed by atoms with Crippen LogP contribution < -0.4 is 9.64 Å². The van der Waals surface area contributed by atoms with Crippen LogP contribution in [-0.2, 0) is 0 Å². The van der Waals surface area contributed by atoms with E-state index in [1.165, 1.54) is 17.8 Å². The summed E-state index contributed by atoms with van der Waals surface area (Å²) in [5.41, 5.74) is 2.33. The highest BCUT2D eigenvalue weighted by atomic mass is 19.1. The van der Waals surface area contributed by atoms with Gasteiger partial charge in [-0.1, -0.05) is 0 Å². The van der Waals surface area contributed by atoms with E-state index in [-0.39, 0.29) is 0 Å². The van der Waals surface area contributed by atoms with E-state index in [9.17, 15) is 8.78 Å². The van der Waals surface area contributed by atoms with Crippen molar-refractivity contribution < 1.29 is 13.5 Å². The fourth-order valence-corrected chi connectivity index (χ4v) is 5.04. The van der Waals surface area contributed by atoms with Crippen molar-refractivity contribution in [2.75, 3.05) is 38.2 Å². The standard InChI is InChI=1S/C25H28F2N4O/c1-32-24-6-4-21(5-7-24)29-10-12-30(13-11-29)22-2-3-23(17-22)31-9-8-25(28-31)18-14-19(26)16-20(27)15-18/h4-9,14-16,22-23H,2-3,10-13,17H2,1H3. The van der Waals surface area contributed by atoms with Gasteiger partial charge >= 0.3 is 0 Å². The number of methoxy groups -OCH3 is 1. The van der Waals surface area contributed by atoms with Gasteiger partial charge in [-0.25, -0.2) is 8.78 Å². The molecule has 168 valence electrons. The summed E-state index contributed by atoms with van der Waals surface area (Å²) >= 11 is 0. The summed E-state index contributed by atoms with van der Waals surface area (Å²) in [7, 11) is 1.69. The van der Waals surface area contributed by atoms with Gasteiger partial charge in [0.25, 0.3) is 0 Å². The molecule has 1 aliphatic carbocycles. The minimum atomic E-state index is -0.579. The Bertz CT molecular complexity index is 1040. The molecule has 32 heavy (non-hydrogen) atoms. The lowest BCUT2D eigenvalue weighted by atomic mass is 10.1. The Morgan fingerprint density at radius 3 is 2.25 bits per heavy atom. The molecule has 2 aromatic carbocycles. The largest absolute Gasteiger partial charge is 0.497 e. The second-order valence-corrected chi connectivity index (χ2v) is 8.68. The molecule has 2 atom stereocenters. The summed E-state index contributed by atoms with van der Waals surface area (Å²) in [6.07, 6.45) is 5.22. The predicted molar refractivity (Wildman–Crippen MR) is 121 cm³/mol. The van der Waals surface area contributed by atoms with Gasteiger partial charge in [0.05, 0.1) is 18.8 Å². The second-order valence-electron chi connectivity index (χ2n) is 8.68. The van der Waals surface area contributed by atoms with Gasteiger partial charge in [0.15, 0.2) is 0 Å². The van der Waals surface area contributed by atoms with E-state index in [1.54, 1.807) is 7.11 Å². The number of ether oxygens (including phenoxy) is 1. The van der Waals surface area contributed by atoms with E-state index in [0.717, 1.165) is 57.3 Å². The molecule has 0 spiro atoms. The zero-order valence-electron chi connectivity index (χ0n) is 18.3. The molecule has 0 radical (unpaired) electrons. The third-order valence-electron chi connectivity index (χ3n) is 6.79. The molecule has 2 aliphatic rings. The van der Waals surface area contributed by atoms with Crippen molar-refractivity contribution in [2.45, 2.75) is 31.3 Å². The third kappa shape index (κ3) is 4.35. The highest BCUT2D eigenvalue weighted by molar-refractivity contribution is 5.58. The van der Waals surface area contributed by atoms with Gasteiger partial charge in [0.1, 0.15) is 17.4 Å². The molecule has 1 saturated heterocycles. The van der Waals surface area contributed by atoms with Gasteiger partial charge in [-0.2, -0.15) is 5.10 Å². The molecule has 0 bridgehead atoms. The van der Waals surface area contributed by atoms with E-state index in [0.29, 0.717) is 23.3 Å². The van der Waals surface area contributed by atoms with Gasteiger partial charge in [-0.15, -0.1) is 0 Å². The molecular weight excluding hydrogens is 410 g/mol. The maximum absolute atomic E-state index is 13.6. The van der Waals surface area contributed by atoms with Crippen LogP contribution in [0, 0.1) is 11.6 Å². The first-order chi connectivity index (χ1) is 15.6. The number of hydrogen-bond donors (Lipinski definition) is 0. The summed E-state index contributed by atoms with van der Waals surface area (Å²) in [6, 6.07) is 14.5. The number of aromatic nitrogens is 2. The summed E-state index contributed by atoms with van der Waals surface area (Å²) in [5.74, 6) is -0.276. The Morgan fingerprint density at radius 2 is 1.56 bits per heavy atom. The van der Waals surface area contributed by atoms with Crippen LogP contribution in [0.4, 0.5) is 14.5 Å². The molecule has 1 aliphatic heterocycles. The molecule has 0 amide bonds. The molecule has 5 nitrogen and oxygen atoms in total. The Morgan fingerprint density at radius 1 is 0.875 bits per heavy atom. The summed E-state index contributed by atoms with van der Waals surface area (Å²) in [5, 5.41) is 4.64. The van der Waals surface area contributed by atoms with Crippen LogP contribution in [0.15, 0.2) is 54.7 Å². The maximum Gasteiger partial charge on any atom is 0.126 e. The maximum atomic E-state index is 13.6. The monoisotopic (exact) mass is 438 g/mol. The van der Waals surface area contributed by atoms with Gasteiger partial charge < -0.3 is 9.64 Å². The highest BCUT2D eigenvalue weighted by Crippen LogP contribution is 2.34. The lowest BCUT2D eigenvalue weighted by Gasteiger charge is -2.39. The van der Waals surface area contributed by atoms with E-state index in [4.69, 9.17) is 4.74 Å². The van der Waals surface area contributed by atoms with Crippen LogP contribution in [0.5, 0.6) is 5.75 Å². The van der Waals surface area contributed by atoms with E-state index in [1.807, 2.05) is 29.1 Å². The van der Waals surface area contributed by atoms with Crippen molar-refractivity contribution in [1.29, 1.82) is 0 Å². The Balaban J connectivity index is 1.18. The van der Waals surface area contributed by atoms with Gasteiger partial charge in [-0.3, -0.25) is 9.58 Å². The first-order valence-electron chi connectivity index (χ1n) is 11.2. The van der Waals surface area contributed by atoms with Crippen molar-refractivity contribution >= 4 is 5.69 Å². The zero-order valence-corrected chi connectivity index (χ0v) is 18.3. The molecule has 3 aromatic rings. The van der Waals surface area contributed by atoms with Crippen molar-refractivity contribution in [3.05, 3.63) is 66.4 Å². The van der Waals surface area contributed by atoms with E-state index >= 15 is 0 Å². The minimum absolute atomic E-state index is 0.326. The van der Waals surface area contributed by atoms with Crippen molar-refractivity contribution in [3.63, 3.8) is 0 Å². The number of halogens is 2. The quantitative estimate of drug-likeness (QED) is 0.576. The molecule has 1 saturated carbocycles. The highest BCUT2D eigenvalue weighted by Gasteiger charge is 2.32. The Labute approximate surface area is 187 Å². The smallest absolute Gasteiger partial charge is 0.126 e. The molecule has 5 rings (SSSR count).